The van der Waals surface area contributed by atoms with Gasteiger partial charge in [-0.05, 0) is 31.7 Å². The summed E-state index contributed by atoms with van der Waals surface area (Å²) in [5, 5.41) is 3.56. The number of halogens is 3. The number of nitrogens with zero attached hydrogens (tertiary/aromatic N) is 4. The first-order valence-electron chi connectivity index (χ1n) is 8.59. The van der Waals surface area contributed by atoms with Crippen LogP contribution in [0.5, 0.6) is 0 Å². The van der Waals surface area contributed by atoms with Crippen LogP contribution < -0.4 is 0 Å². The van der Waals surface area contributed by atoms with E-state index in [-0.39, 0.29) is 0 Å². The van der Waals surface area contributed by atoms with Crippen LogP contribution in [0.4, 0.5) is 13.2 Å². The predicted octanol–water partition coefficient (Wildman–Crippen LogP) is 2.70. The van der Waals surface area contributed by atoms with Crippen molar-refractivity contribution in [3.05, 3.63) is 17.5 Å². The van der Waals surface area contributed by atoms with Gasteiger partial charge in [0.05, 0.1) is 11.7 Å². The molecule has 3 rings (SSSR count). The molecule has 2 aliphatic heterocycles. The number of alkyl halides is 3. The van der Waals surface area contributed by atoms with E-state index in [0.29, 0.717) is 38.2 Å². The van der Waals surface area contributed by atoms with Gasteiger partial charge < -0.3 is 0 Å². The summed E-state index contributed by atoms with van der Waals surface area (Å²) in [7, 11) is -2.24. The topological polar surface area (TPSA) is 58.4 Å². The van der Waals surface area contributed by atoms with Gasteiger partial charge >= 0.3 is 6.18 Å². The van der Waals surface area contributed by atoms with E-state index in [4.69, 9.17) is 0 Å². The third kappa shape index (κ3) is 3.70. The van der Waals surface area contributed by atoms with Crippen LogP contribution in [0.1, 0.15) is 56.0 Å². The Morgan fingerprint density at radius 3 is 2.32 bits per heavy atom. The second-order valence-electron chi connectivity index (χ2n) is 6.67. The van der Waals surface area contributed by atoms with Crippen molar-refractivity contribution in [3.8, 4) is 0 Å². The molecule has 1 aromatic rings. The van der Waals surface area contributed by atoms with Crippen LogP contribution in [0.25, 0.3) is 0 Å². The van der Waals surface area contributed by atoms with Crippen molar-refractivity contribution in [1.82, 2.24) is 18.4 Å². The van der Waals surface area contributed by atoms with Crippen molar-refractivity contribution in [3.63, 3.8) is 0 Å². The number of rotatable bonds is 3. The molecule has 2 saturated heterocycles. The fourth-order valence-corrected chi connectivity index (χ4v) is 5.56. The molecule has 0 radical (unpaired) electrons. The molecule has 6 nitrogen and oxygen atoms in total. The maximum absolute atomic E-state index is 13.0. The fourth-order valence-electron chi connectivity index (χ4n) is 3.65. The van der Waals surface area contributed by atoms with Crippen LogP contribution in [0.15, 0.2) is 6.07 Å². The molecule has 10 heteroatoms. The van der Waals surface area contributed by atoms with Crippen molar-refractivity contribution in [2.75, 3.05) is 19.6 Å². The minimum Gasteiger partial charge on any atom is -0.270 e. The van der Waals surface area contributed by atoms with Crippen molar-refractivity contribution < 1.29 is 21.6 Å². The molecule has 0 amide bonds. The van der Waals surface area contributed by atoms with Gasteiger partial charge in [-0.2, -0.15) is 35.3 Å². The monoisotopic (exact) mass is 380 g/mol. The highest BCUT2D eigenvalue weighted by molar-refractivity contribution is 7.86. The predicted molar refractivity (Wildman–Crippen MR) is 85.9 cm³/mol. The number of hydrogen-bond donors (Lipinski definition) is 0. The Labute approximate surface area is 145 Å². The Balaban J connectivity index is 1.98. The Kier molecular flexibility index (Phi) is 5.13. The number of hydrogen-bond acceptors (Lipinski definition) is 3. The summed E-state index contributed by atoms with van der Waals surface area (Å²) in [6.45, 7) is 1.28. The van der Waals surface area contributed by atoms with E-state index in [0.717, 1.165) is 31.7 Å². The van der Waals surface area contributed by atoms with Gasteiger partial charge in [0.2, 0.25) is 0 Å². The summed E-state index contributed by atoms with van der Waals surface area (Å²) in [4.78, 5) is 0. The van der Waals surface area contributed by atoms with Crippen molar-refractivity contribution in [2.45, 2.75) is 50.7 Å². The molecule has 0 spiro atoms. The Morgan fingerprint density at radius 2 is 1.72 bits per heavy atom. The zero-order valence-corrected chi connectivity index (χ0v) is 15.0. The molecule has 0 saturated carbocycles. The average molecular weight is 380 g/mol. The van der Waals surface area contributed by atoms with Gasteiger partial charge in [0.25, 0.3) is 10.2 Å². The molecule has 2 aliphatic rings. The molecule has 0 aromatic carbocycles. The van der Waals surface area contributed by atoms with Gasteiger partial charge in [0.1, 0.15) is 0 Å². The molecule has 25 heavy (non-hydrogen) atoms. The minimum absolute atomic E-state index is 0.303. The first-order chi connectivity index (χ1) is 11.7. The second kappa shape index (κ2) is 6.88. The largest absolute Gasteiger partial charge is 0.435 e. The van der Waals surface area contributed by atoms with E-state index >= 15 is 0 Å². The lowest BCUT2D eigenvalue weighted by Gasteiger charge is -2.32. The summed E-state index contributed by atoms with van der Waals surface area (Å²) in [6, 6.07) is 0.379. The van der Waals surface area contributed by atoms with E-state index in [9.17, 15) is 21.6 Å². The minimum atomic E-state index is -4.54. The van der Waals surface area contributed by atoms with Gasteiger partial charge in [-0.15, -0.1) is 0 Å². The van der Waals surface area contributed by atoms with Crippen molar-refractivity contribution in [1.29, 1.82) is 0 Å². The second-order valence-corrected chi connectivity index (χ2v) is 8.55. The summed E-state index contributed by atoms with van der Waals surface area (Å²) in [5.41, 5.74) is -0.676. The smallest absolute Gasteiger partial charge is 0.270 e. The normalized spacial score (nSPS) is 24.6. The third-order valence-corrected chi connectivity index (χ3v) is 6.99. The summed E-state index contributed by atoms with van der Waals surface area (Å²) in [6.07, 6.45) is -0.0318. The van der Waals surface area contributed by atoms with E-state index in [1.807, 2.05) is 0 Å². The summed E-state index contributed by atoms with van der Waals surface area (Å²) < 4.78 is 69.1. The zero-order chi connectivity index (χ0) is 18.2. The highest BCUT2D eigenvalue weighted by Crippen LogP contribution is 2.37. The van der Waals surface area contributed by atoms with Crippen LogP contribution in [-0.2, 0) is 23.4 Å². The van der Waals surface area contributed by atoms with E-state index < -0.39 is 28.1 Å². The van der Waals surface area contributed by atoms with Gasteiger partial charge in [-0.25, -0.2) is 0 Å². The average Bonchev–Trinajstić information content (AvgIpc) is 3.12. The molecule has 1 unspecified atom stereocenters. The van der Waals surface area contributed by atoms with Crippen LogP contribution in [0, 0.1) is 0 Å². The van der Waals surface area contributed by atoms with Crippen LogP contribution >= 0.6 is 0 Å². The molecular formula is C15H23F3N4O2S. The lowest BCUT2D eigenvalue weighted by molar-refractivity contribution is -0.141. The molecule has 2 fully saturated rings. The van der Waals surface area contributed by atoms with Gasteiger partial charge in [-0.3, -0.25) is 4.68 Å². The van der Waals surface area contributed by atoms with Crippen LogP contribution in [0.3, 0.4) is 0 Å². The molecule has 0 aliphatic carbocycles. The van der Waals surface area contributed by atoms with E-state index in [1.165, 1.54) is 20.3 Å². The number of aryl methyl sites for hydroxylation is 1. The lowest BCUT2D eigenvalue weighted by atomic mass is 10.1. The Hall–Kier alpha value is -1.13. The first-order valence-corrected chi connectivity index (χ1v) is 9.99. The highest BCUT2D eigenvalue weighted by Gasteiger charge is 2.41. The Bertz CT molecular complexity index is 711. The molecule has 0 bridgehead atoms. The SMILES string of the molecule is Cn1nc(C(F)(F)F)cc1C1CCCCCN1S(=O)(=O)N1CCCC1. The van der Waals surface area contributed by atoms with Crippen LogP contribution in [-0.4, -0.2) is 46.4 Å². The number of aromatic nitrogens is 2. The highest BCUT2D eigenvalue weighted by atomic mass is 32.2. The molecule has 1 aromatic heterocycles. The van der Waals surface area contributed by atoms with Crippen LogP contribution in [0.2, 0.25) is 0 Å². The van der Waals surface area contributed by atoms with Gasteiger partial charge in [0, 0.05) is 26.7 Å². The third-order valence-electron chi connectivity index (χ3n) is 4.94. The first kappa shape index (κ1) is 18.7. The molecule has 142 valence electrons. The van der Waals surface area contributed by atoms with Gasteiger partial charge in [0.15, 0.2) is 5.69 Å². The van der Waals surface area contributed by atoms with Crippen molar-refractivity contribution in [2.24, 2.45) is 7.05 Å². The maximum Gasteiger partial charge on any atom is 0.435 e. The summed E-state index contributed by atoms with van der Waals surface area (Å²) >= 11 is 0. The van der Waals surface area contributed by atoms with E-state index in [1.54, 1.807) is 0 Å². The maximum atomic E-state index is 13.0. The summed E-state index contributed by atoms with van der Waals surface area (Å²) in [5.74, 6) is 0. The van der Waals surface area contributed by atoms with E-state index in [2.05, 4.69) is 5.10 Å². The molecular weight excluding hydrogens is 357 g/mol. The quantitative estimate of drug-likeness (QED) is 0.810. The Morgan fingerprint density at radius 1 is 1.08 bits per heavy atom. The van der Waals surface area contributed by atoms with Gasteiger partial charge in [-0.1, -0.05) is 12.8 Å². The molecule has 3 heterocycles. The fraction of sp³-hybridized carbons (Fsp3) is 0.800. The zero-order valence-electron chi connectivity index (χ0n) is 14.2. The molecule has 0 N–H and O–H groups in total. The standard InChI is InChI=1S/C15H23F3N4O2S/c1-20-13(11-14(19-20)15(16,17)18)12-7-3-2-4-10-22(12)25(23,24)21-8-5-6-9-21/h11-12H,2-10H2,1H3. The molecule has 1 atom stereocenters. The van der Waals surface area contributed by atoms with Crippen molar-refractivity contribution >= 4 is 10.2 Å². The lowest BCUT2D eigenvalue weighted by Crippen LogP contribution is -2.44.